The molecule has 2 rings (SSSR count). The standard InChI is InChI=1S/C15H14ClF2NO/c1-2-20-15-7-6-10(8-14(15)18)19-9-11-12(16)4-3-5-13(11)17/h3-8,19H,2,9H2,1H3. The lowest BCUT2D eigenvalue weighted by Gasteiger charge is -2.10. The molecule has 0 aliphatic heterocycles. The molecule has 0 bridgehead atoms. The predicted molar refractivity (Wildman–Crippen MR) is 76.3 cm³/mol. The monoisotopic (exact) mass is 297 g/mol. The molecule has 0 fully saturated rings. The normalized spacial score (nSPS) is 10.4. The number of anilines is 1. The topological polar surface area (TPSA) is 21.3 Å². The molecule has 0 heterocycles. The van der Waals surface area contributed by atoms with Crippen molar-refractivity contribution in [2.45, 2.75) is 13.5 Å². The van der Waals surface area contributed by atoms with E-state index in [2.05, 4.69) is 5.32 Å². The van der Waals surface area contributed by atoms with Crippen molar-refractivity contribution in [3.05, 3.63) is 58.6 Å². The molecule has 0 radical (unpaired) electrons. The molecule has 0 aliphatic carbocycles. The van der Waals surface area contributed by atoms with Gasteiger partial charge in [0.1, 0.15) is 5.82 Å². The minimum absolute atomic E-state index is 0.179. The van der Waals surface area contributed by atoms with Gasteiger partial charge in [-0.15, -0.1) is 0 Å². The summed E-state index contributed by atoms with van der Waals surface area (Å²) in [5.74, 6) is -0.658. The summed E-state index contributed by atoms with van der Waals surface area (Å²) in [6, 6.07) is 8.99. The van der Waals surface area contributed by atoms with Gasteiger partial charge in [0.25, 0.3) is 0 Å². The number of hydrogen-bond acceptors (Lipinski definition) is 2. The van der Waals surface area contributed by atoms with E-state index in [4.69, 9.17) is 16.3 Å². The van der Waals surface area contributed by atoms with Gasteiger partial charge in [0.2, 0.25) is 0 Å². The van der Waals surface area contributed by atoms with Gasteiger partial charge in [0.15, 0.2) is 11.6 Å². The van der Waals surface area contributed by atoms with E-state index in [1.807, 2.05) is 0 Å². The maximum atomic E-state index is 13.7. The molecule has 20 heavy (non-hydrogen) atoms. The molecule has 0 unspecified atom stereocenters. The summed E-state index contributed by atoms with van der Waals surface area (Å²) >= 11 is 5.92. The molecule has 106 valence electrons. The van der Waals surface area contributed by atoms with Gasteiger partial charge in [0.05, 0.1) is 6.61 Å². The van der Waals surface area contributed by atoms with Crippen molar-refractivity contribution in [2.75, 3.05) is 11.9 Å². The highest BCUT2D eigenvalue weighted by Gasteiger charge is 2.08. The van der Waals surface area contributed by atoms with Gasteiger partial charge in [0, 0.05) is 28.9 Å². The Morgan fingerprint density at radius 3 is 2.60 bits per heavy atom. The lowest BCUT2D eigenvalue weighted by atomic mass is 10.2. The summed E-state index contributed by atoms with van der Waals surface area (Å²) < 4.78 is 32.3. The maximum absolute atomic E-state index is 13.7. The summed E-state index contributed by atoms with van der Waals surface area (Å²) in [7, 11) is 0. The van der Waals surface area contributed by atoms with E-state index in [1.54, 1.807) is 19.1 Å². The summed E-state index contributed by atoms with van der Waals surface area (Å²) in [4.78, 5) is 0. The molecule has 0 spiro atoms. The Bertz CT molecular complexity index is 584. The third kappa shape index (κ3) is 3.39. The zero-order valence-electron chi connectivity index (χ0n) is 10.9. The smallest absolute Gasteiger partial charge is 0.167 e. The summed E-state index contributed by atoms with van der Waals surface area (Å²) in [6.45, 7) is 2.36. The van der Waals surface area contributed by atoms with Gasteiger partial charge in [-0.3, -0.25) is 0 Å². The SMILES string of the molecule is CCOc1ccc(NCc2c(F)cccc2Cl)cc1F. The molecule has 0 saturated carbocycles. The van der Waals surface area contributed by atoms with Crippen LogP contribution >= 0.6 is 11.6 Å². The Hall–Kier alpha value is -1.81. The van der Waals surface area contributed by atoms with Crippen LogP contribution in [0.5, 0.6) is 5.75 Å². The third-order valence-electron chi connectivity index (χ3n) is 2.76. The molecule has 0 aromatic heterocycles. The van der Waals surface area contributed by atoms with Crippen molar-refractivity contribution in [2.24, 2.45) is 0 Å². The first kappa shape index (κ1) is 14.6. The molecular weight excluding hydrogens is 284 g/mol. The average molecular weight is 298 g/mol. The van der Waals surface area contributed by atoms with E-state index in [0.29, 0.717) is 22.9 Å². The van der Waals surface area contributed by atoms with Crippen LogP contribution in [0.3, 0.4) is 0 Å². The zero-order valence-corrected chi connectivity index (χ0v) is 11.7. The lowest BCUT2D eigenvalue weighted by molar-refractivity contribution is 0.321. The van der Waals surface area contributed by atoms with Crippen molar-refractivity contribution >= 4 is 17.3 Å². The number of ether oxygens (including phenoxy) is 1. The van der Waals surface area contributed by atoms with E-state index in [9.17, 15) is 8.78 Å². The van der Waals surface area contributed by atoms with Crippen LogP contribution in [0.4, 0.5) is 14.5 Å². The molecule has 0 amide bonds. The van der Waals surface area contributed by atoms with E-state index in [-0.39, 0.29) is 12.3 Å². The Morgan fingerprint density at radius 2 is 1.95 bits per heavy atom. The second-order valence-electron chi connectivity index (χ2n) is 4.13. The fourth-order valence-electron chi connectivity index (χ4n) is 1.78. The number of rotatable bonds is 5. The summed E-state index contributed by atoms with van der Waals surface area (Å²) in [6.07, 6.45) is 0. The molecule has 0 aliphatic rings. The third-order valence-corrected chi connectivity index (χ3v) is 3.12. The van der Waals surface area contributed by atoms with Gasteiger partial charge in [-0.1, -0.05) is 17.7 Å². The number of nitrogens with one attached hydrogen (secondary N) is 1. The second kappa shape index (κ2) is 6.57. The van der Waals surface area contributed by atoms with Crippen molar-refractivity contribution in [1.82, 2.24) is 0 Å². The fraction of sp³-hybridized carbons (Fsp3) is 0.200. The van der Waals surface area contributed by atoms with Crippen LogP contribution in [0.2, 0.25) is 5.02 Å². The van der Waals surface area contributed by atoms with E-state index in [1.165, 1.54) is 24.3 Å². The zero-order chi connectivity index (χ0) is 14.5. The minimum Gasteiger partial charge on any atom is -0.491 e. The molecule has 0 saturated heterocycles. The molecule has 1 N–H and O–H groups in total. The van der Waals surface area contributed by atoms with Crippen LogP contribution < -0.4 is 10.1 Å². The maximum Gasteiger partial charge on any atom is 0.167 e. The summed E-state index contributed by atoms with van der Waals surface area (Å²) in [5, 5.41) is 3.27. The first-order chi connectivity index (χ1) is 9.61. The van der Waals surface area contributed by atoms with Crippen molar-refractivity contribution in [3.63, 3.8) is 0 Å². The molecule has 0 atom stereocenters. The minimum atomic E-state index is -0.462. The van der Waals surface area contributed by atoms with Gasteiger partial charge in [-0.2, -0.15) is 0 Å². The Kier molecular flexibility index (Phi) is 4.79. The fourth-order valence-corrected chi connectivity index (χ4v) is 2.00. The number of halogens is 3. The highest BCUT2D eigenvalue weighted by atomic mass is 35.5. The van der Waals surface area contributed by atoms with Crippen molar-refractivity contribution in [3.8, 4) is 5.75 Å². The quantitative estimate of drug-likeness (QED) is 0.869. The molecule has 5 heteroatoms. The second-order valence-corrected chi connectivity index (χ2v) is 4.54. The average Bonchev–Trinajstić information content (AvgIpc) is 2.41. The van der Waals surface area contributed by atoms with E-state index < -0.39 is 11.6 Å². The first-order valence-corrected chi connectivity index (χ1v) is 6.58. The molecular formula is C15H14ClF2NO. The Labute approximate surface area is 121 Å². The van der Waals surface area contributed by atoms with Gasteiger partial charge in [-0.05, 0) is 31.2 Å². The van der Waals surface area contributed by atoms with Crippen LogP contribution in [-0.4, -0.2) is 6.61 Å². The van der Waals surface area contributed by atoms with Crippen molar-refractivity contribution < 1.29 is 13.5 Å². The van der Waals surface area contributed by atoms with Crippen molar-refractivity contribution in [1.29, 1.82) is 0 Å². The predicted octanol–water partition coefficient (Wildman–Crippen LogP) is 4.63. The summed E-state index contributed by atoms with van der Waals surface area (Å²) in [5.41, 5.74) is 0.883. The van der Waals surface area contributed by atoms with Crippen LogP contribution in [0.15, 0.2) is 36.4 Å². The van der Waals surface area contributed by atoms with E-state index in [0.717, 1.165) is 0 Å². The van der Waals surface area contributed by atoms with Gasteiger partial charge < -0.3 is 10.1 Å². The number of benzene rings is 2. The van der Waals surface area contributed by atoms with Crippen LogP contribution in [0, 0.1) is 11.6 Å². The Balaban J connectivity index is 2.09. The highest BCUT2D eigenvalue weighted by Crippen LogP contribution is 2.23. The largest absolute Gasteiger partial charge is 0.491 e. The van der Waals surface area contributed by atoms with Crippen LogP contribution in [0.1, 0.15) is 12.5 Å². The molecule has 2 aromatic rings. The van der Waals surface area contributed by atoms with Crippen LogP contribution in [0.25, 0.3) is 0 Å². The molecule has 2 nitrogen and oxygen atoms in total. The van der Waals surface area contributed by atoms with Gasteiger partial charge >= 0.3 is 0 Å². The first-order valence-electron chi connectivity index (χ1n) is 6.21. The van der Waals surface area contributed by atoms with Gasteiger partial charge in [-0.25, -0.2) is 8.78 Å². The van der Waals surface area contributed by atoms with E-state index >= 15 is 0 Å². The highest BCUT2D eigenvalue weighted by molar-refractivity contribution is 6.31. The molecule has 2 aromatic carbocycles. The number of hydrogen-bond donors (Lipinski definition) is 1. The lowest BCUT2D eigenvalue weighted by Crippen LogP contribution is -2.03. The Morgan fingerprint density at radius 1 is 1.15 bits per heavy atom. The van der Waals surface area contributed by atoms with Crippen LogP contribution in [-0.2, 0) is 6.54 Å².